The van der Waals surface area contributed by atoms with Gasteiger partial charge in [-0.15, -0.1) is 0 Å². The van der Waals surface area contributed by atoms with Gasteiger partial charge in [0.25, 0.3) is 0 Å². The SMILES string of the molecule is NC(=O)c1ccc(C[CH](N)[Au])s1. The molecule has 1 aromatic rings. The van der Waals surface area contributed by atoms with Crippen LogP contribution < -0.4 is 11.5 Å². The molecule has 0 bridgehead atoms. The Bertz CT molecular complexity index is 285. The molecule has 5 heteroatoms. The molecule has 0 aliphatic carbocycles. The molecule has 4 N–H and O–H groups in total. The van der Waals surface area contributed by atoms with Gasteiger partial charge in [-0.25, -0.2) is 0 Å². The quantitative estimate of drug-likeness (QED) is 0.752. The van der Waals surface area contributed by atoms with Crippen molar-refractivity contribution in [3.05, 3.63) is 21.9 Å². The van der Waals surface area contributed by atoms with Crippen LogP contribution in [0.25, 0.3) is 0 Å². The predicted octanol–water partition coefficient (Wildman–Crippen LogP) is 0.221. The zero-order valence-electron chi connectivity index (χ0n) is 6.21. The second-order valence-corrected chi connectivity index (χ2v) is 5.07. The zero-order valence-corrected chi connectivity index (χ0v) is 9.19. The predicted molar refractivity (Wildman–Crippen MR) is 44.5 cm³/mol. The fourth-order valence-electron chi connectivity index (χ4n) is 0.797. The Morgan fingerprint density at radius 3 is 2.75 bits per heavy atom. The van der Waals surface area contributed by atoms with E-state index in [1.54, 1.807) is 6.07 Å². The molecule has 12 heavy (non-hydrogen) atoms. The average Bonchev–Trinajstić information content (AvgIpc) is 2.34. The van der Waals surface area contributed by atoms with Crippen molar-refractivity contribution in [2.24, 2.45) is 11.5 Å². The van der Waals surface area contributed by atoms with Gasteiger partial charge in [-0.1, -0.05) is 0 Å². The number of hydrogen-bond donors (Lipinski definition) is 2. The summed E-state index contributed by atoms with van der Waals surface area (Å²) in [6.45, 7) is 0. The summed E-state index contributed by atoms with van der Waals surface area (Å²) in [6, 6.07) is 3.62. The molecule has 1 heterocycles. The van der Waals surface area contributed by atoms with Crippen LogP contribution in [0.4, 0.5) is 0 Å². The van der Waals surface area contributed by atoms with Crippen molar-refractivity contribution in [1.29, 1.82) is 0 Å². The monoisotopic (exact) mass is 366 g/mol. The first-order chi connectivity index (χ1) is 5.59. The fraction of sp³-hybridized carbons (Fsp3) is 0.286. The van der Waals surface area contributed by atoms with Gasteiger partial charge in [0.2, 0.25) is 0 Å². The van der Waals surface area contributed by atoms with Crippen molar-refractivity contribution < 1.29 is 25.9 Å². The summed E-state index contributed by atoms with van der Waals surface area (Å²) in [5.41, 5.74) is 10.7. The Morgan fingerprint density at radius 2 is 2.33 bits per heavy atom. The number of amides is 1. The molecule has 0 fully saturated rings. The van der Waals surface area contributed by atoms with Crippen molar-refractivity contribution >= 4 is 17.2 Å². The van der Waals surface area contributed by atoms with E-state index in [4.69, 9.17) is 11.5 Å². The normalized spacial score (nSPS) is 12.9. The van der Waals surface area contributed by atoms with Crippen molar-refractivity contribution in [2.75, 3.05) is 0 Å². The van der Waals surface area contributed by atoms with Crippen molar-refractivity contribution in [3.8, 4) is 0 Å². The molecule has 0 spiro atoms. The summed E-state index contributed by atoms with van der Waals surface area (Å²) >= 11 is 3.72. The molecule has 1 aromatic heterocycles. The van der Waals surface area contributed by atoms with Crippen LogP contribution in [-0.2, 0) is 27.5 Å². The number of primary amides is 1. The first kappa shape index (κ1) is 9.95. The van der Waals surface area contributed by atoms with Crippen LogP contribution in [0.2, 0.25) is 0 Å². The number of rotatable bonds is 3. The van der Waals surface area contributed by atoms with Crippen LogP contribution in [0.15, 0.2) is 12.1 Å². The molecule has 3 nitrogen and oxygen atoms in total. The number of carbonyl (C=O) groups excluding carboxylic acids is 1. The molecule has 1 rings (SSSR count). The molecule has 1 amide bonds. The van der Waals surface area contributed by atoms with E-state index in [-0.39, 0.29) is 10.2 Å². The zero-order chi connectivity index (χ0) is 9.14. The molecule has 0 saturated heterocycles. The summed E-state index contributed by atoms with van der Waals surface area (Å²) in [5, 5.41) is 0. The number of carbonyl (C=O) groups is 1. The second-order valence-electron chi connectivity index (χ2n) is 2.29. The van der Waals surface area contributed by atoms with E-state index in [9.17, 15) is 4.79 Å². The molecule has 0 aromatic carbocycles. The van der Waals surface area contributed by atoms with Crippen LogP contribution in [-0.4, -0.2) is 10.2 Å². The van der Waals surface area contributed by atoms with Gasteiger partial charge in [0.05, 0.1) is 0 Å². The standard InChI is InChI=1S/C7H9N2OS.Au/c8-4-3-5-1-2-6(11-5)7(9)10;/h1-2,4H,3,8H2,(H2,9,10);. The Morgan fingerprint density at radius 1 is 1.67 bits per heavy atom. The minimum absolute atomic E-state index is 0.0735. The van der Waals surface area contributed by atoms with Crippen LogP contribution in [0.3, 0.4) is 0 Å². The third-order valence-corrected chi connectivity index (χ3v) is 2.85. The van der Waals surface area contributed by atoms with Gasteiger partial charge in [0.1, 0.15) is 0 Å². The van der Waals surface area contributed by atoms with Gasteiger partial charge < -0.3 is 0 Å². The first-order valence-corrected chi connectivity index (χ1v) is 5.40. The van der Waals surface area contributed by atoms with E-state index >= 15 is 0 Å². The molecule has 0 radical (unpaired) electrons. The number of thiophene rings is 1. The van der Waals surface area contributed by atoms with Gasteiger partial charge in [0.15, 0.2) is 0 Å². The maximum atomic E-state index is 10.7. The summed E-state index contributed by atoms with van der Waals surface area (Å²) in [5.74, 6) is -0.369. The average molecular weight is 366 g/mol. The van der Waals surface area contributed by atoms with E-state index in [0.717, 1.165) is 11.3 Å². The Kier molecular flexibility index (Phi) is 3.49. The summed E-state index contributed by atoms with van der Waals surface area (Å²) in [6.07, 6.45) is 0.779. The van der Waals surface area contributed by atoms with E-state index in [1.807, 2.05) is 6.07 Å². The molecule has 1 unspecified atom stereocenters. The molecular weight excluding hydrogens is 357 g/mol. The molecule has 0 aliphatic rings. The van der Waals surface area contributed by atoms with Crippen LogP contribution in [0, 0.1) is 0 Å². The van der Waals surface area contributed by atoms with E-state index < -0.39 is 0 Å². The van der Waals surface area contributed by atoms with Crippen LogP contribution in [0.1, 0.15) is 14.5 Å². The summed E-state index contributed by atoms with van der Waals surface area (Å²) < 4.78 is 0.0735. The van der Waals surface area contributed by atoms with Crippen LogP contribution in [0.5, 0.6) is 0 Å². The molecule has 70 valence electrons. The molecular formula is C7H9AuN2OS. The van der Waals surface area contributed by atoms with Crippen LogP contribution >= 0.6 is 11.3 Å². The number of hydrogen-bond acceptors (Lipinski definition) is 3. The van der Waals surface area contributed by atoms with Gasteiger partial charge in [-0.3, -0.25) is 0 Å². The maximum absolute atomic E-state index is 10.7. The molecule has 1 atom stereocenters. The van der Waals surface area contributed by atoms with Gasteiger partial charge >= 0.3 is 87.1 Å². The molecule has 0 saturated carbocycles. The van der Waals surface area contributed by atoms with E-state index in [1.165, 1.54) is 11.3 Å². The Balaban J connectivity index is 2.71. The number of nitrogens with two attached hydrogens (primary N) is 2. The van der Waals surface area contributed by atoms with E-state index in [0.29, 0.717) is 4.88 Å². The van der Waals surface area contributed by atoms with Gasteiger partial charge in [-0.05, 0) is 0 Å². The third kappa shape index (κ3) is 2.73. The Hall–Kier alpha value is -0.130. The van der Waals surface area contributed by atoms with E-state index in [2.05, 4.69) is 21.1 Å². The van der Waals surface area contributed by atoms with Gasteiger partial charge in [-0.2, -0.15) is 0 Å². The summed E-state index contributed by atoms with van der Waals surface area (Å²) in [4.78, 5) is 12.4. The fourth-order valence-corrected chi connectivity index (χ4v) is 2.48. The van der Waals surface area contributed by atoms with Crippen molar-refractivity contribution in [2.45, 2.75) is 10.7 Å². The topological polar surface area (TPSA) is 69.1 Å². The second kappa shape index (κ2) is 4.20. The van der Waals surface area contributed by atoms with Crippen molar-refractivity contribution in [3.63, 3.8) is 0 Å². The summed E-state index contributed by atoms with van der Waals surface area (Å²) in [7, 11) is 0. The molecule has 0 aliphatic heterocycles. The van der Waals surface area contributed by atoms with Gasteiger partial charge in [0, 0.05) is 0 Å². The third-order valence-electron chi connectivity index (χ3n) is 1.29. The Labute approximate surface area is 87.0 Å². The van der Waals surface area contributed by atoms with Crippen molar-refractivity contribution in [1.82, 2.24) is 0 Å². The minimum atomic E-state index is -0.369. The first-order valence-electron chi connectivity index (χ1n) is 3.33.